The molecule has 0 unspecified atom stereocenters. The lowest BCUT2D eigenvalue weighted by molar-refractivity contribution is -0.115. The number of aromatic nitrogens is 3. The van der Waals surface area contributed by atoms with Crippen molar-refractivity contribution in [2.75, 3.05) is 5.32 Å². The van der Waals surface area contributed by atoms with Crippen molar-refractivity contribution >= 4 is 22.6 Å². The number of benzene rings is 3. The summed E-state index contributed by atoms with van der Waals surface area (Å²) in [7, 11) is 0. The molecule has 25 heavy (non-hydrogen) atoms. The molecule has 0 spiro atoms. The number of carbonyl (C=O) groups excluding carboxylic acids is 1. The van der Waals surface area contributed by atoms with Crippen LogP contribution in [0.25, 0.3) is 16.7 Å². The van der Waals surface area contributed by atoms with Crippen LogP contribution >= 0.6 is 0 Å². The molecule has 1 heterocycles. The van der Waals surface area contributed by atoms with E-state index in [4.69, 9.17) is 0 Å². The zero-order chi connectivity index (χ0) is 17.1. The van der Waals surface area contributed by atoms with E-state index in [9.17, 15) is 4.79 Å². The summed E-state index contributed by atoms with van der Waals surface area (Å²) in [6, 6.07) is 24.9. The van der Waals surface area contributed by atoms with Crippen molar-refractivity contribution in [3.8, 4) is 5.69 Å². The topological polar surface area (TPSA) is 59.8 Å². The molecule has 4 aromatic rings. The molecule has 122 valence electrons. The summed E-state index contributed by atoms with van der Waals surface area (Å²) in [5.74, 6) is -0.0546. The summed E-state index contributed by atoms with van der Waals surface area (Å²) in [5.41, 5.74) is 4.12. The van der Waals surface area contributed by atoms with Gasteiger partial charge in [-0.25, -0.2) is 0 Å². The minimum atomic E-state index is -0.0546. The SMILES string of the molecule is O=C(Cc1ccccc1)Nc1ccc2nn(-c3ccccc3)nc2c1. The number of rotatable bonds is 4. The molecule has 4 rings (SSSR count). The number of hydrogen-bond donors (Lipinski definition) is 1. The normalized spacial score (nSPS) is 10.7. The number of para-hydroxylation sites is 1. The molecule has 0 saturated heterocycles. The van der Waals surface area contributed by atoms with Crippen LogP contribution in [0.5, 0.6) is 0 Å². The van der Waals surface area contributed by atoms with Gasteiger partial charge < -0.3 is 5.32 Å². The highest BCUT2D eigenvalue weighted by molar-refractivity contribution is 5.94. The third-order valence-corrected chi connectivity index (χ3v) is 3.86. The van der Waals surface area contributed by atoms with Crippen LogP contribution in [0.2, 0.25) is 0 Å². The van der Waals surface area contributed by atoms with Crippen LogP contribution in [-0.4, -0.2) is 20.9 Å². The van der Waals surface area contributed by atoms with Crippen molar-refractivity contribution in [3.05, 3.63) is 84.4 Å². The Morgan fingerprint density at radius 2 is 1.52 bits per heavy atom. The van der Waals surface area contributed by atoms with Gasteiger partial charge in [0.2, 0.25) is 5.91 Å². The summed E-state index contributed by atoms with van der Waals surface area (Å²) in [5, 5.41) is 11.9. The lowest BCUT2D eigenvalue weighted by Crippen LogP contribution is -2.14. The van der Waals surface area contributed by atoms with Gasteiger partial charge in [0.1, 0.15) is 11.0 Å². The van der Waals surface area contributed by atoms with Gasteiger partial charge in [0.25, 0.3) is 0 Å². The first-order valence-electron chi connectivity index (χ1n) is 8.04. The molecule has 0 bridgehead atoms. The molecule has 3 aromatic carbocycles. The second-order valence-corrected chi connectivity index (χ2v) is 5.74. The Morgan fingerprint density at radius 3 is 2.28 bits per heavy atom. The van der Waals surface area contributed by atoms with Gasteiger partial charge in [0, 0.05) is 5.69 Å². The maximum Gasteiger partial charge on any atom is 0.228 e. The number of carbonyl (C=O) groups is 1. The van der Waals surface area contributed by atoms with Crippen LogP contribution in [0.1, 0.15) is 5.56 Å². The number of amides is 1. The standard InChI is InChI=1S/C20H16N4O/c25-20(13-15-7-3-1-4-8-15)21-16-11-12-18-19(14-16)23-24(22-18)17-9-5-2-6-10-17/h1-12,14H,13H2,(H,21,25). The molecule has 0 saturated carbocycles. The van der Waals surface area contributed by atoms with Gasteiger partial charge in [-0.05, 0) is 35.9 Å². The molecule has 1 amide bonds. The predicted molar refractivity (Wildman–Crippen MR) is 97.6 cm³/mol. The smallest absolute Gasteiger partial charge is 0.228 e. The monoisotopic (exact) mass is 328 g/mol. The maximum atomic E-state index is 12.2. The summed E-state index contributed by atoms with van der Waals surface area (Å²) in [6.07, 6.45) is 0.343. The third-order valence-electron chi connectivity index (χ3n) is 3.86. The van der Waals surface area contributed by atoms with Crippen molar-refractivity contribution in [1.82, 2.24) is 15.0 Å². The molecular weight excluding hydrogens is 312 g/mol. The fourth-order valence-electron chi connectivity index (χ4n) is 2.66. The van der Waals surface area contributed by atoms with Crippen molar-refractivity contribution in [1.29, 1.82) is 0 Å². The van der Waals surface area contributed by atoms with E-state index in [1.807, 2.05) is 78.9 Å². The molecule has 0 aliphatic heterocycles. The summed E-state index contributed by atoms with van der Waals surface area (Å²) in [6.45, 7) is 0. The maximum absolute atomic E-state index is 12.2. The van der Waals surface area contributed by atoms with Gasteiger partial charge in [-0.2, -0.15) is 4.80 Å². The Hall–Kier alpha value is -3.47. The average Bonchev–Trinajstić information content (AvgIpc) is 3.06. The van der Waals surface area contributed by atoms with Crippen LogP contribution in [0.15, 0.2) is 78.9 Å². The fourth-order valence-corrected chi connectivity index (χ4v) is 2.66. The Morgan fingerprint density at radius 1 is 0.840 bits per heavy atom. The number of anilines is 1. The zero-order valence-corrected chi connectivity index (χ0v) is 13.5. The quantitative estimate of drug-likeness (QED) is 0.622. The van der Waals surface area contributed by atoms with Crippen LogP contribution in [0.4, 0.5) is 5.69 Å². The first kappa shape index (κ1) is 15.1. The summed E-state index contributed by atoms with van der Waals surface area (Å²) < 4.78 is 0. The van der Waals surface area contributed by atoms with Gasteiger partial charge >= 0.3 is 0 Å². The second-order valence-electron chi connectivity index (χ2n) is 5.74. The van der Waals surface area contributed by atoms with Crippen molar-refractivity contribution in [2.45, 2.75) is 6.42 Å². The van der Waals surface area contributed by atoms with Crippen molar-refractivity contribution in [3.63, 3.8) is 0 Å². The lowest BCUT2D eigenvalue weighted by Gasteiger charge is -2.04. The minimum Gasteiger partial charge on any atom is -0.326 e. The summed E-state index contributed by atoms with van der Waals surface area (Å²) in [4.78, 5) is 13.8. The van der Waals surface area contributed by atoms with Gasteiger partial charge in [-0.1, -0.05) is 48.5 Å². The molecule has 0 radical (unpaired) electrons. The van der Waals surface area contributed by atoms with Crippen LogP contribution < -0.4 is 5.32 Å². The molecule has 1 N–H and O–H groups in total. The van der Waals surface area contributed by atoms with E-state index in [0.717, 1.165) is 22.3 Å². The Balaban J connectivity index is 1.54. The lowest BCUT2D eigenvalue weighted by atomic mass is 10.1. The molecule has 5 heteroatoms. The van der Waals surface area contributed by atoms with E-state index >= 15 is 0 Å². The molecule has 0 aliphatic rings. The number of hydrogen-bond acceptors (Lipinski definition) is 3. The van der Waals surface area contributed by atoms with Crippen molar-refractivity contribution < 1.29 is 4.79 Å². The van der Waals surface area contributed by atoms with Crippen molar-refractivity contribution in [2.24, 2.45) is 0 Å². The largest absolute Gasteiger partial charge is 0.326 e. The Kier molecular flexibility index (Phi) is 3.96. The van der Waals surface area contributed by atoms with Crippen LogP contribution in [0, 0.1) is 0 Å². The second kappa shape index (κ2) is 6.57. The number of nitrogens with zero attached hydrogens (tertiary/aromatic N) is 3. The van der Waals surface area contributed by atoms with Gasteiger partial charge in [0.15, 0.2) is 0 Å². The van der Waals surface area contributed by atoms with Gasteiger partial charge in [0.05, 0.1) is 12.1 Å². The third kappa shape index (κ3) is 3.40. The predicted octanol–water partition coefficient (Wildman–Crippen LogP) is 3.60. The Labute approximate surface area is 144 Å². The van der Waals surface area contributed by atoms with E-state index in [1.54, 1.807) is 4.80 Å². The summed E-state index contributed by atoms with van der Waals surface area (Å²) >= 11 is 0. The van der Waals surface area contributed by atoms with Crippen LogP contribution in [-0.2, 0) is 11.2 Å². The molecule has 0 atom stereocenters. The molecule has 0 fully saturated rings. The molecule has 5 nitrogen and oxygen atoms in total. The van der Waals surface area contributed by atoms with Gasteiger partial charge in [-0.3, -0.25) is 4.79 Å². The first-order valence-corrected chi connectivity index (χ1v) is 8.04. The molecular formula is C20H16N4O. The highest BCUT2D eigenvalue weighted by Gasteiger charge is 2.08. The molecule has 1 aromatic heterocycles. The van der Waals surface area contributed by atoms with E-state index in [1.165, 1.54) is 0 Å². The van der Waals surface area contributed by atoms with Gasteiger partial charge in [-0.15, -0.1) is 10.2 Å². The van der Waals surface area contributed by atoms with Crippen LogP contribution in [0.3, 0.4) is 0 Å². The minimum absolute atomic E-state index is 0.0546. The Bertz CT molecular complexity index is 1010. The number of fused-ring (bicyclic) bond motifs is 1. The van der Waals surface area contributed by atoms with E-state index in [2.05, 4.69) is 15.5 Å². The number of nitrogens with one attached hydrogen (secondary N) is 1. The highest BCUT2D eigenvalue weighted by atomic mass is 16.1. The highest BCUT2D eigenvalue weighted by Crippen LogP contribution is 2.17. The molecule has 0 aliphatic carbocycles. The van der Waals surface area contributed by atoms with E-state index in [0.29, 0.717) is 12.1 Å². The van der Waals surface area contributed by atoms with E-state index < -0.39 is 0 Å². The average molecular weight is 328 g/mol. The first-order chi connectivity index (χ1) is 12.3. The fraction of sp³-hybridized carbons (Fsp3) is 0.0500. The zero-order valence-electron chi connectivity index (χ0n) is 13.5. The van der Waals surface area contributed by atoms with E-state index in [-0.39, 0.29) is 5.91 Å².